The molecule has 74 heavy (non-hydrogen) atoms. The van der Waals surface area contributed by atoms with Crippen molar-refractivity contribution in [2.75, 3.05) is 39.8 Å². The molecule has 2 aromatic carbocycles. The van der Waals surface area contributed by atoms with Crippen LogP contribution in [0.5, 0.6) is 0 Å². The van der Waals surface area contributed by atoms with E-state index >= 15 is 0 Å². The molecule has 0 bridgehead atoms. The van der Waals surface area contributed by atoms with Crippen LogP contribution in [0.4, 0.5) is 14.4 Å². The Hall–Kier alpha value is -6.44. The molecular weight excluding hydrogens is 953 g/mol. The molecule has 0 radical (unpaired) electrons. The van der Waals surface area contributed by atoms with Gasteiger partial charge in [-0.2, -0.15) is 0 Å². The average Bonchev–Trinajstić information content (AvgIpc) is 3.29. The zero-order chi connectivity index (χ0) is 55.3. The van der Waals surface area contributed by atoms with Crippen LogP contribution >= 0.6 is 0 Å². The number of benzene rings is 2. The highest BCUT2D eigenvalue weighted by Crippen LogP contribution is 2.26. The number of likely N-dealkylation sites (tertiary alicyclic amines) is 1. The third-order valence-corrected chi connectivity index (χ3v) is 11.5. The lowest BCUT2D eigenvalue weighted by Gasteiger charge is -2.41. The summed E-state index contributed by atoms with van der Waals surface area (Å²) in [5, 5.41) is 20.1. The Kier molecular flexibility index (Phi) is 24.1. The first-order valence-corrected chi connectivity index (χ1v) is 25.6. The molecule has 1 fully saturated rings. The highest BCUT2D eigenvalue weighted by Gasteiger charge is 2.46. The van der Waals surface area contributed by atoms with E-state index in [0.717, 1.165) is 11.1 Å². The van der Waals surface area contributed by atoms with E-state index in [4.69, 9.17) is 18.9 Å². The number of methoxy groups -OCH3 is 1. The number of rotatable bonds is 24. The summed E-state index contributed by atoms with van der Waals surface area (Å²) in [5.41, 5.74) is -2.12. The van der Waals surface area contributed by atoms with Crippen molar-refractivity contribution in [3.8, 4) is 0 Å². The number of carbonyl (C=O) groups excluding carboxylic acids is 8. The minimum atomic E-state index is -1.48. The lowest BCUT2D eigenvalue weighted by Crippen LogP contribution is -2.63. The van der Waals surface area contributed by atoms with E-state index in [1.807, 2.05) is 74.5 Å². The van der Waals surface area contributed by atoms with E-state index in [9.17, 15) is 38.4 Å². The Labute approximate surface area is 437 Å². The molecule has 7 amide bonds. The minimum absolute atomic E-state index is 0.00359. The fraction of sp³-hybridized carbons (Fsp3) is 0.630. The molecule has 1 saturated heterocycles. The molecule has 7 N–H and O–H groups in total. The lowest BCUT2D eigenvalue weighted by molar-refractivity contribution is -0.153. The van der Waals surface area contributed by atoms with Crippen LogP contribution < -0.4 is 37.2 Å². The third-order valence-electron chi connectivity index (χ3n) is 11.5. The molecular formula is C54H84N8O12. The first kappa shape index (κ1) is 61.9. The van der Waals surface area contributed by atoms with Crippen molar-refractivity contribution in [1.82, 2.24) is 42.1 Å². The zero-order valence-corrected chi connectivity index (χ0v) is 45.7. The topological polar surface area (TPSA) is 261 Å². The number of nitrogens with zero attached hydrogens (tertiary/aromatic N) is 1. The SMILES string of the molecule is COC(=O)C1(NC(=O)OC(C)(C)C)CCN(C(=O)[C@@H](CCCCNC(=O)OC(C)(C)C)NC(=O)[C@@H](CC(C)C)NC(=O)[C@@H](Cc2ccccc2)NC(=O)[C@@H](Cc2ccccc2)NCCNC(=O)OC(C)(C)C)CC1. The molecule has 1 aliphatic heterocycles. The number of alkyl carbamates (subject to hydrolysis) is 3. The van der Waals surface area contributed by atoms with Gasteiger partial charge in [-0.25, -0.2) is 19.2 Å². The third kappa shape index (κ3) is 23.2. The number of nitrogens with one attached hydrogen (secondary N) is 7. The molecule has 2 aromatic rings. The summed E-state index contributed by atoms with van der Waals surface area (Å²) in [7, 11) is 1.21. The Bertz CT molecular complexity index is 2150. The summed E-state index contributed by atoms with van der Waals surface area (Å²) in [6.07, 6.45) is -0.550. The number of carbonyl (C=O) groups is 8. The monoisotopic (exact) mass is 1040 g/mol. The van der Waals surface area contributed by atoms with Crippen molar-refractivity contribution in [2.24, 2.45) is 5.92 Å². The van der Waals surface area contributed by atoms with Gasteiger partial charge in [-0.1, -0.05) is 74.5 Å². The summed E-state index contributed by atoms with van der Waals surface area (Å²) >= 11 is 0. The van der Waals surface area contributed by atoms with E-state index in [0.29, 0.717) is 12.8 Å². The maximum absolute atomic E-state index is 14.6. The van der Waals surface area contributed by atoms with Crippen LogP contribution in [0.3, 0.4) is 0 Å². The van der Waals surface area contributed by atoms with Crippen LogP contribution in [0.15, 0.2) is 60.7 Å². The molecule has 0 saturated carbocycles. The standard InChI is InChI=1S/C54H84N8O12/c1-36(2)33-41(59-45(65)42(35-38-23-17-14-18-24-38)60-43(63)40(34-37-21-15-13-16-22-37)55-29-30-57-49(69)73-52(6,7)8)44(64)58-39(25-19-20-28-56-48(68)72-51(3,4)5)46(66)62-31-26-54(27-32-62,47(67)71-12)61-50(70)74-53(9,10)11/h13-18,21-24,36,39-42,55H,19-20,25-35H2,1-12H3,(H,56,68)(H,57,69)(H,58,64)(H,59,65)(H,60,63)(H,61,70)/t39-,40-,41-,42-/m1/s1. The number of unbranched alkanes of at least 4 members (excludes halogenated alkanes) is 1. The highest BCUT2D eigenvalue weighted by molar-refractivity contribution is 5.95. The van der Waals surface area contributed by atoms with Gasteiger partial charge >= 0.3 is 24.2 Å². The van der Waals surface area contributed by atoms with E-state index < -0.39 is 94.4 Å². The van der Waals surface area contributed by atoms with Gasteiger partial charge in [-0.15, -0.1) is 0 Å². The second-order valence-electron chi connectivity index (χ2n) is 22.1. The molecule has 3 rings (SSSR count). The van der Waals surface area contributed by atoms with Gasteiger partial charge in [0.1, 0.15) is 40.5 Å². The quantitative estimate of drug-likeness (QED) is 0.0405. The van der Waals surface area contributed by atoms with E-state index in [-0.39, 0.29) is 77.2 Å². The van der Waals surface area contributed by atoms with Crippen LogP contribution in [-0.4, -0.2) is 139 Å². The zero-order valence-electron chi connectivity index (χ0n) is 45.7. The van der Waals surface area contributed by atoms with E-state index in [2.05, 4.69) is 37.2 Å². The minimum Gasteiger partial charge on any atom is -0.467 e. The average molecular weight is 1040 g/mol. The van der Waals surface area contributed by atoms with Crippen LogP contribution in [0.1, 0.15) is 126 Å². The number of piperidine rings is 1. The van der Waals surface area contributed by atoms with Crippen molar-refractivity contribution in [1.29, 1.82) is 0 Å². The van der Waals surface area contributed by atoms with Crippen LogP contribution in [0, 0.1) is 5.92 Å². The normalized spacial score (nSPS) is 15.2. The number of ether oxygens (including phenoxy) is 4. The van der Waals surface area contributed by atoms with Gasteiger partial charge < -0.3 is 61.1 Å². The predicted molar refractivity (Wildman–Crippen MR) is 280 cm³/mol. The summed E-state index contributed by atoms with van der Waals surface area (Å²) in [6, 6.07) is 14.2. The molecule has 4 atom stereocenters. The second-order valence-corrected chi connectivity index (χ2v) is 22.1. The smallest absolute Gasteiger partial charge is 0.408 e. The van der Waals surface area contributed by atoms with Crippen LogP contribution in [0.2, 0.25) is 0 Å². The maximum Gasteiger partial charge on any atom is 0.408 e. The van der Waals surface area contributed by atoms with E-state index in [1.165, 1.54) is 12.0 Å². The lowest BCUT2D eigenvalue weighted by atomic mass is 9.87. The molecule has 0 unspecified atom stereocenters. The number of amides is 7. The Morgan fingerprint density at radius 3 is 1.51 bits per heavy atom. The molecule has 1 heterocycles. The second kappa shape index (κ2) is 28.9. The van der Waals surface area contributed by atoms with Gasteiger partial charge in [0.25, 0.3) is 0 Å². The first-order valence-electron chi connectivity index (χ1n) is 25.6. The maximum atomic E-state index is 14.6. The van der Waals surface area contributed by atoms with Gasteiger partial charge in [0, 0.05) is 39.1 Å². The number of esters is 1. The van der Waals surface area contributed by atoms with Crippen molar-refractivity contribution >= 4 is 47.9 Å². The number of hydrogen-bond donors (Lipinski definition) is 7. The Balaban J connectivity index is 1.89. The van der Waals surface area contributed by atoms with Crippen molar-refractivity contribution in [3.05, 3.63) is 71.8 Å². The molecule has 0 aliphatic carbocycles. The Morgan fingerprint density at radius 2 is 1.01 bits per heavy atom. The fourth-order valence-electron chi connectivity index (χ4n) is 8.05. The van der Waals surface area contributed by atoms with Gasteiger partial charge in [0.2, 0.25) is 23.6 Å². The Morgan fingerprint density at radius 1 is 0.568 bits per heavy atom. The van der Waals surface area contributed by atoms with Crippen molar-refractivity contribution in [2.45, 2.75) is 174 Å². The van der Waals surface area contributed by atoms with Crippen molar-refractivity contribution in [3.63, 3.8) is 0 Å². The highest BCUT2D eigenvalue weighted by atomic mass is 16.6. The fourth-order valence-corrected chi connectivity index (χ4v) is 8.05. The largest absolute Gasteiger partial charge is 0.467 e. The molecule has 20 nitrogen and oxygen atoms in total. The molecule has 412 valence electrons. The van der Waals surface area contributed by atoms with Gasteiger partial charge in [0.05, 0.1) is 13.2 Å². The summed E-state index contributed by atoms with van der Waals surface area (Å²) in [5.74, 6) is -3.00. The van der Waals surface area contributed by atoms with E-state index in [1.54, 1.807) is 62.3 Å². The van der Waals surface area contributed by atoms with Gasteiger partial charge in [0.15, 0.2) is 0 Å². The first-order chi connectivity index (χ1) is 34.6. The predicted octanol–water partition coefficient (Wildman–Crippen LogP) is 5.21. The summed E-state index contributed by atoms with van der Waals surface area (Å²) in [4.78, 5) is 110. The van der Waals surface area contributed by atoms with Gasteiger partial charge in [-0.05, 0) is 124 Å². The molecule has 20 heteroatoms. The molecule has 1 aliphatic rings. The molecule has 0 aromatic heterocycles. The van der Waals surface area contributed by atoms with Crippen LogP contribution in [-0.2, 0) is 55.8 Å². The van der Waals surface area contributed by atoms with Gasteiger partial charge in [-0.3, -0.25) is 19.2 Å². The summed E-state index contributed by atoms with van der Waals surface area (Å²) in [6.45, 7) is 20.0. The molecule has 0 spiro atoms. The van der Waals surface area contributed by atoms with Crippen molar-refractivity contribution < 1.29 is 57.3 Å². The van der Waals surface area contributed by atoms with Crippen LogP contribution in [0.25, 0.3) is 0 Å². The number of hydrogen-bond acceptors (Lipinski definition) is 13. The summed E-state index contributed by atoms with van der Waals surface area (Å²) < 4.78 is 21.2.